The number of piperazine rings is 1. The Balaban J connectivity index is 2.00. The van der Waals surface area contributed by atoms with Crippen LogP contribution in [0.3, 0.4) is 0 Å². The highest BCUT2D eigenvalue weighted by molar-refractivity contribution is 5.95. The maximum atomic E-state index is 12.4. The first-order chi connectivity index (χ1) is 11.4. The molecule has 1 saturated heterocycles. The van der Waals surface area contributed by atoms with Crippen molar-refractivity contribution in [1.29, 1.82) is 0 Å². The summed E-state index contributed by atoms with van der Waals surface area (Å²) in [5.41, 5.74) is 2.07. The van der Waals surface area contributed by atoms with E-state index in [2.05, 4.69) is 41.1 Å². The van der Waals surface area contributed by atoms with Crippen LogP contribution in [0.1, 0.15) is 27.2 Å². The molecule has 1 aromatic carbocycles. The lowest BCUT2D eigenvalue weighted by Gasteiger charge is -2.38. The molecule has 0 aromatic heterocycles. The van der Waals surface area contributed by atoms with Crippen LogP contribution >= 0.6 is 0 Å². The first-order valence-electron chi connectivity index (χ1n) is 8.98. The molecule has 1 N–H and O–H groups in total. The average Bonchev–Trinajstić information content (AvgIpc) is 2.55. The standard InChI is InChI=1S/C19H32N4O/c1-6-18(21(4)5)19(24)20-16-8-7-9-17(14-16)23-12-10-22(11-13-23)15(2)3/h7-9,14-15,18H,6,10-13H2,1-5H3,(H,20,24)/t18-/m1/s1. The maximum Gasteiger partial charge on any atom is 0.241 e. The number of hydrogen-bond acceptors (Lipinski definition) is 4. The third-order valence-corrected chi connectivity index (χ3v) is 4.84. The van der Waals surface area contributed by atoms with Gasteiger partial charge in [-0.3, -0.25) is 14.6 Å². The summed E-state index contributed by atoms with van der Waals surface area (Å²) in [4.78, 5) is 19.3. The van der Waals surface area contributed by atoms with Crippen molar-refractivity contribution in [1.82, 2.24) is 9.80 Å². The second-order valence-corrected chi connectivity index (χ2v) is 7.04. The van der Waals surface area contributed by atoms with Gasteiger partial charge in [0.25, 0.3) is 0 Å². The fourth-order valence-electron chi connectivity index (χ4n) is 3.29. The summed E-state index contributed by atoms with van der Waals surface area (Å²) in [6.45, 7) is 10.8. The van der Waals surface area contributed by atoms with Crippen molar-refractivity contribution in [3.8, 4) is 0 Å². The fourth-order valence-corrected chi connectivity index (χ4v) is 3.29. The number of rotatable bonds is 6. The van der Waals surface area contributed by atoms with Crippen LogP contribution < -0.4 is 10.2 Å². The third-order valence-electron chi connectivity index (χ3n) is 4.84. The molecule has 0 unspecified atom stereocenters. The zero-order chi connectivity index (χ0) is 17.7. The van der Waals surface area contributed by atoms with Crippen LogP contribution in [0, 0.1) is 0 Å². The van der Waals surface area contributed by atoms with Gasteiger partial charge in [0.1, 0.15) is 0 Å². The molecule has 1 fully saturated rings. The van der Waals surface area contributed by atoms with Crippen LogP contribution in [-0.2, 0) is 4.79 Å². The lowest BCUT2D eigenvalue weighted by molar-refractivity contribution is -0.120. The van der Waals surface area contributed by atoms with E-state index in [4.69, 9.17) is 0 Å². The van der Waals surface area contributed by atoms with Crippen molar-refractivity contribution in [2.24, 2.45) is 0 Å². The van der Waals surface area contributed by atoms with E-state index >= 15 is 0 Å². The molecule has 0 aliphatic carbocycles. The topological polar surface area (TPSA) is 38.8 Å². The van der Waals surface area contributed by atoms with E-state index in [1.807, 2.05) is 38.1 Å². The molecular weight excluding hydrogens is 300 g/mol. The van der Waals surface area contributed by atoms with Crippen molar-refractivity contribution < 1.29 is 4.79 Å². The number of amides is 1. The van der Waals surface area contributed by atoms with Crippen molar-refractivity contribution in [3.63, 3.8) is 0 Å². The van der Waals surface area contributed by atoms with Crippen molar-refractivity contribution >= 4 is 17.3 Å². The quantitative estimate of drug-likeness (QED) is 0.869. The van der Waals surface area contributed by atoms with Gasteiger partial charge in [-0.1, -0.05) is 13.0 Å². The van der Waals surface area contributed by atoms with Crippen LogP contribution in [-0.4, -0.2) is 68.1 Å². The zero-order valence-corrected chi connectivity index (χ0v) is 15.7. The number of nitrogens with zero attached hydrogens (tertiary/aromatic N) is 3. The first kappa shape index (κ1) is 18.7. The zero-order valence-electron chi connectivity index (χ0n) is 15.7. The van der Waals surface area contributed by atoms with Crippen LogP contribution in [0.2, 0.25) is 0 Å². The monoisotopic (exact) mass is 332 g/mol. The van der Waals surface area contributed by atoms with Gasteiger partial charge >= 0.3 is 0 Å². The second kappa shape index (κ2) is 8.49. The molecule has 24 heavy (non-hydrogen) atoms. The maximum absolute atomic E-state index is 12.4. The van der Waals surface area contributed by atoms with Gasteiger partial charge < -0.3 is 10.2 Å². The molecule has 0 radical (unpaired) electrons. The molecule has 5 heteroatoms. The lowest BCUT2D eigenvalue weighted by Crippen LogP contribution is -2.48. The minimum atomic E-state index is -0.0942. The van der Waals surface area contributed by atoms with Crippen LogP contribution in [0.5, 0.6) is 0 Å². The molecule has 0 saturated carbocycles. The number of anilines is 2. The molecular formula is C19H32N4O. The van der Waals surface area contributed by atoms with E-state index in [9.17, 15) is 4.79 Å². The van der Waals surface area contributed by atoms with Crippen molar-refractivity contribution in [3.05, 3.63) is 24.3 Å². The van der Waals surface area contributed by atoms with Crippen molar-refractivity contribution in [2.75, 3.05) is 50.5 Å². The highest BCUT2D eigenvalue weighted by atomic mass is 16.2. The average molecular weight is 332 g/mol. The highest BCUT2D eigenvalue weighted by Crippen LogP contribution is 2.22. The number of carbonyl (C=O) groups excluding carboxylic acids is 1. The Kier molecular flexibility index (Phi) is 6.63. The Hall–Kier alpha value is -1.59. The molecule has 1 atom stereocenters. The fraction of sp³-hybridized carbons (Fsp3) is 0.632. The molecule has 1 amide bonds. The minimum Gasteiger partial charge on any atom is -0.369 e. The molecule has 5 nitrogen and oxygen atoms in total. The molecule has 0 spiro atoms. The largest absolute Gasteiger partial charge is 0.369 e. The molecule has 1 aliphatic rings. The SMILES string of the molecule is CC[C@H](C(=O)Nc1cccc(N2CCN(C(C)C)CC2)c1)N(C)C. The molecule has 2 rings (SSSR count). The second-order valence-electron chi connectivity index (χ2n) is 7.04. The number of carbonyl (C=O) groups is 1. The Morgan fingerprint density at radius 3 is 2.42 bits per heavy atom. The Morgan fingerprint density at radius 2 is 1.88 bits per heavy atom. The first-order valence-corrected chi connectivity index (χ1v) is 8.98. The van der Waals surface area contributed by atoms with Crippen LogP contribution in [0.15, 0.2) is 24.3 Å². The molecule has 0 bridgehead atoms. The summed E-state index contributed by atoms with van der Waals surface area (Å²) in [6.07, 6.45) is 0.801. The predicted octanol–water partition coefficient (Wildman–Crippen LogP) is 2.50. The highest BCUT2D eigenvalue weighted by Gasteiger charge is 2.21. The number of benzene rings is 1. The van der Waals surface area contributed by atoms with Gasteiger partial charge in [-0.15, -0.1) is 0 Å². The van der Waals surface area contributed by atoms with Crippen LogP contribution in [0.25, 0.3) is 0 Å². The summed E-state index contributed by atoms with van der Waals surface area (Å²) in [7, 11) is 3.89. The molecule has 1 aromatic rings. The summed E-state index contributed by atoms with van der Waals surface area (Å²) in [5, 5.41) is 3.06. The van der Waals surface area contributed by atoms with Gasteiger partial charge in [0, 0.05) is 43.6 Å². The lowest BCUT2D eigenvalue weighted by atomic mass is 10.1. The summed E-state index contributed by atoms with van der Waals surface area (Å²) < 4.78 is 0. The summed E-state index contributed by atoms with van der Waals surface area (Å²) in [6, 6.07) is 8.72. The number of hydrogen-bond donors (Lipinski definition) is 1. The van der Waals surface area contributed by atoms with Gasteiger partial charge in [-0.25, -0.2) is 0 Å². The summed E-state index contributed by atoms with van der Waals surface area (Å²) in [5.74, 6) is 0.0595. The van der Waals surface area contributed by atoms with E-state index in [1.54, 1.807) is 0 Å². The molecule has 134 valence electrons. The Morgan fingerprint density at radius 1 is 1.21 bits per heavy atom. The van der Waals surface area contributed by atoms with Gasteiger partial charge in [-0.05, 0) is 52.6 Å². The molecule has 1 aliphatic heterocycles. The van der Waals surface area contributed by atoms with E-state index < -0.39 is 0 Å². The van der Waals surface area contributed by atoms with Gasteiger partial charge in [0.2, 0.25) is 5.91 Å². The van der Waals surface area contributed by atoms with Gasteiger partial charge in [0.15, 0.2) is 0 Å². The minimum absolute atomic E-state index is 0.0595. The van der Waals surface area contributed by atoms with Gasteiger partial charge in [-0.2, -0.15) is 0 Å². The molecule has 1 heterocycles. The van der Waals surface area contributed by atoms with Crippen molar-refractivity contribution in [2.45, 2.75) is 39.3 Å². The van der Waals surface area contributed by atoms with E-state index in [0.717, 1.165) is 38.3 Å². The smallest absolute Gasteiger partial charge is 0.241 e. The Bertz CT molecular complexity index is 536. The van der Waals surface area contributed by atoms with Crippen LogP contribution in [0.4, 0.5) is 11.4 Å². The third kappa shape index (κ3) is 4.71. The van der Waals surface area contributed by atoms with Gasteiger partial charge in [0.05, 0.1) is 6.04 Å². The normalized spacial score (nSPS) is 17.4. The predicted molar refractivity (Wildman–Crippen MR) is 102 cm³/mol. The van der Waals surface area contributed by atoms with E-state index in [1.165, 1.54) is 5.69 Å². The Labute approximate surface area is 146 Å². The number of likely N-dealkylation sites (N-methyl/N-ethyl adjacent to an activating group) is 1. The number of nitrogens with one attached hydrogen (secondary N) is 1. The van der Waals surface area contributed by atoms with E-state index in [-0.39, 0.29) is 11.9 Å². The summed E-state index contributed by atoms with van der Waals surface area (Å²) >= 11 is 0. The van der Waals surface area contributed by atoms with E-state index in [0.29, 0.717) is 6.04 Å².